The molecular weight excluding hydrogens is 827 g/mol. The van der Waals surface area contributed by atoms with Gasteiger partial charge in [0.15, 0.2) is 0 Å². The molecule has 5 N–H and O–H groups in total. The Bertz CT molecular complexity index is 2520. The molecule has 2 bridgehead atoms. The molecule has 64 heavy (non-hydrogen) atoms. The number of aliphatic imine (C=N–C) groups is 1. The van der Waals surface area contributed by atoms with Crippen LogP contribution in [0.4, 0.5) is 20.4 Å². The van der Waals surface area contributed by atoms with Gasteiger partial charge >= 0.3 is 0 Å². The van der Waals surface area contributed by atoms with Crippen molar-refractivity contribution in [3.05, 3.63) is 88.4 Å². The fraction of sp³-hybridized carbons (Fsp3) is 0.457. The molecule has 2 aromatic heterocycles. The van der Waals surface area contributed by atoms with Crippen LogP contribution >= 0.6 is 0 Å². The van der Waals surface area contributed by atoms with E-state index in [0.29, 0.717) is 86.7 Å². The highest BCUT2D eigenvalue weighted by Gasteiger charge is 2.38. The number of aryl methyl sites for hydroxylation is 1. The van der Waals surface area contributed by atoms with Crippen molar-refractivity contribution in [3.8, 4) is 0 Å². The van der Waals surface area contributed by atoms with Crippen molar-refractivity contribution in [1.82, 2.24) is 29.7 Å². The highest BCUT2D eigenvalue weighted by atomic mass is 19.1. The maximum atomic E-state index is 15.4. The lowest BCUT2D eigenvalue weighted by Crippen LogP contribution is -2.57. The smallest absolute Gasteiger partial charge is 0.258 e. The summed E-state index contributed by atoms with van der Waals surface area (Å²) >= 11 is 0. The standard InChI is InChI=1S/C46H54F2N10O6/c1-26-5-4-14-64-44(50-3)34(20-49)38-17-30(15-27(2)51-38)42(61)54-46-52-37-8-6-28(16-39(37)58(46)21-26)22-55-12-13-57(32(24-55)25-59)45(63)29-10-11-56(23-29)31-18-35(47)41(36(48)19-31)33-7-9-40(60)53-43(33)62/h6,8,15-20,26,29,32-33,59H,4-5,7,9-14,21-25,49H2,1-3H3,(H,52,54,61)(H,53,60,62)/t26-,29-,32+,33-/m1/s1. The third-order valence-corrected chi connectivity index (χ3v) is 12.7. The lowest BCUT2D eigenvalue weighted by atomic mass is 9.89. The topological polar surface area (TPSA) is 201 Å². The highest BCUT2D eigenvalue weighted by molar-refractivity contribution is 6.19. The predicted molar refractivity (Wildman–Crippen MR) is 236 cm³/mol. The minimum atomic E-state index is -1.10. The number of imidazole rings is 1. The van der Waals surface area contributed by atoms with E-state index in [0.717, 1.165) is 29.4 Å². The van der Waals surface area contributed by atoms with Crippen LogP contribution in [0.2, 0.25) is 0 Å². The molecule has 0 aliphatic carbocycles. The van der Waals surface area contributed by atoms with Crippen LogP contribution in [-0.4, -0.2) is 118 Å². The molecule has 6 heterocycles. The van der Waals surface area contributed by atoms with Crippen molar-refractivity contribution in [2.75, 3.05) is 63.2 Å². The van der Waals surface area contributed by atoms with Crippen LogP contribution in [0.15, 0.2) is 53.7 Å². The molecule has 0 radical (unpaired) electrons. The zero-order chi connectivity index (χ0) is 45.2. The van der Waals surface area contributed by atoms with E-state index in [1.807, 2.05) is 12.1 Å². The number of fused-ring (bicyclic) bond motifs is 5. The molecule has 2 aromatic carbocycles. The third-order valence-electron chi connectivity index (χ3n) is 12.7. The van der Waals surface area contributed by atoms with Crippen molar-refractivity contribution in [2.24, 2.45) is 22.6 Å². The molecule has 338 valence electrons. The largest absolute Gasteiger partial charge is 0.477 e. The average Bonchev–Trinajstić information content (AvgIpc) is 3.89. The summed E-state index contributed by atoms with van der Waals surface area (Å²) in [6.07, 6.45) is 3.48. The summed E-state index contributed by atoms with van der Waals surface area (Å²) in [5.74, 6) is -3.95. The fourth-order valence-electron chi connectivity index (χ4n) is 9.44. The fourth-order valence-corrected chi connectivity index (χ4v) is 9.44. The quantitative estimate of drug-likeness (QED) is 0.203. The van der Waals surface area contributed by atoms with Crippen molar-refractivity contribution in [3.63, 3.8) is 0 Å². The van der Waals surface area contributed by atoms with Gasteiger partial charge in [-0.15, -0.1) is 0 Å². The molecule has 4 aliphatic rings. The number of nitrogens with one attached hydrogen (secondary N) is 2. The number of pyridine rings is 1. The number of nitrogens with two attached hydrogens (primary N) is 1. The minimum absolute atomic E-state index is 0.000400. The number of anilines is 2. The number of aromatic nitrogens is 3. The molecule has 16 nitrogen and oxygen atoms in total. The zero-order valence-corrected chi connectivity index (χ0v) is 36.3. The number of ether oxygens (including phenoxy) is 1. The number of carbonyl (C=O) groups is 4. The Balaban J connectivity index is 0.948. The van der Waals surface area contributed by atoms with Crippen molar-refractivity contribution in [1.29, 1.82) is 0 Å². The molecule has 8 rings (SSSR count). The molecule has 0 spiro atoms. The number of carbonyl (C=O) groups excluding carboxylic acids is 4. The summed E-state index contributed by atoms with van der Waals surface area (Å²) in [4.78, 5) is 71.3. The van der Waals surface area contributed by atoms with Crippen molar-refractivity contribution in [2.45, 2.75) is 71.0 Å². The second kappa shape index (κ2) is 18.8. The van der Waals surface area contributed by atoms with E-state index in [1.54, 1.807) is 35.9 Å². The van der Waals surface area contributed by atoms with Crippen LogP contribution in [0.25, 0.3) is 16.6 Å². The van der Waals surface area contributed by atoms with Crippen molar-refractivity contribution >= 4 is 57.8 Å². The van der Waals surface area contributed by atoms with E-state index >= 15 is 8.78 Å². The molecule has 0 unspecified atom stereocenters. The van der Waals surface area contributed by atoms with Crippen LogP contribution < -0.4 is 21.3 Å². The first kappa shape index (κ1) is 44.3. The Morgan fingerprint density at radius 3 is 2.53 bits per heavy atom. The Hall–Kier alpha value is -6.27. The SMILES string of the molecule is CN=C1OCCC[C@@H](C)Cn2c(nc3ccc(CN4CCN(C(=O)[C@@H]5CCN(c6cc(F)c([C@H]7CCC(=O)NC7=O)c(F)c6)C5)[C@H](CO)C4)cc32)NC(=O)c2cc(C)nc(c2)C1=CN. The van der Waals surface area contributed by atoms with Gasteiger partial charge in [-0.2, -0.15) is 0 Å². The van der Waals surface area contributed by atoms with Gasteiger partial charge in [-0.1, -0.05) is 13.0 Å². The van der Waals surface area contributed by atoms with Gasteiger partial charge in [0.1, 0.15) is 11.6 Å². The zero-order valence-electron chi connectivity index (χ0n) is 36.3. The summed E-state index contributed by atoms with van der Waals surface area (Å²) in [7, 11) is 1.63. The van der Waals surface area contributed by atoms with Crippen LogP contribution in [0.5, 0.6) is 0 Å². The first-order valence-electron chi connectivity index (χ1n) is 21.9. The van der Waals surface area contributed by atoms with Gasteiger partial charge in [0.2, 0.25) is 29.6 Å². The Morgan fingerprint density at radius 2 is 1.80 bits per heavy atom. The number of rotatable bonds is 6. The van der Waals surface area contributed by atoms with Crippen molar-refractivity contribution < 1.29 is 37.8 Å². The van der Waals surface area contributed by atoms with E-state index in [9.17, 15) is 24.3 Å². The number of halogens is 2. The maximum absolute atomic E-state index is 15.4. The van der Waals surface area contributed by atoms with Gasteiger partial charge < -0.3 is 29.9 Å². The van der Waals surface area contributed by atoms with Crippen LogP contribution in [0, 0.1) is 30.4 Å². The second-order valence-electron chi connectivity index (χ2n) is 17.3. The number of aliphatic hydroxyl groups is 1. The monoisotopic (exact) mass is 880 g/mol. The van der Waals surface area contributed by atoms with E-state index < -0.39 is 41.3 Å². The first-order valence-corrected chi connectivity index (χ1v) is 21.9. The van der Waals surface area contributed by atoms with Gasteiger partial charge in [-0.3, -0.25) is 44.7 Å². The third kappa shape index (κ3) is 9.20. The number of benzene rings is 2. The van der Waals surface area contributed by atoms with Gasteiger partial charge in [-0.25, -0.2) is 13.8 Å². The number of piperazine rings is 1. The normalized spacial score (nSPS) is 24.0. The molecule has 3 saturated heterocycles. The van der Waals surface area contributed by atoms with Gasteiger partial charge in [0.25, 0.3) is 5.91 Å². The van der Waals surface area contributed by atoms with Gasteiger partial charge in [0.05, 0.1) is 53.4 Å². The summed E-state index contributed by atoms with van der Waals surface area (Å²) in [6, 6.07) is 11.3. The van der Waals surface area contributed by atoms with Crippen LogP contribution in [0.3, 0.4) is 0 Å². The van der Waals surface area contributed by atoms with E-state index in [1.165, 1.54) is 18.3 Å². The number of hydrogen-bond donors (Lipinski definition) is 4. The molecule has 0 saturated carbocycles. The highest BCUT2D eigenvalue weighted by Crippen LogP contribution is 2.35. The predicted octanol–water partition coefficient (Wildman–Crippen LogP) is 4.10. The lowest BCUT2D eigenvalue weighted by molar-refractivity contribution is -0.141. The summed E-state index contributed by atoms with van der Waals surface area (Å²) in [5, 5.41) is 15.8. The van der Waals surface area contributed by atoms with Gasteiger partial charge in [0, 0.05) is 88.0 Å². The van der Waals surface area contributed by atoms with E-state index in [-0.39, 0.29) is 55.0 Å². The number of piperidine rings is 1. The number of amides is 4. The molecule has 3 fully saturated rings. The van der Waals surface area contributed by atoms with Crippen LogP contribution in [0.1, 0.15) is 77.8 Å². The number of nitrogens with zero attached hydrogens (tertiary/aromatic N) is 7. The average molecular weight is 881 g/mol. The summed E-state index contributed by atoms with van der Waals surface area (Å²) < 4.78 is 38.8. The molecule has 4 amide bonds. The molecular formula is C46H54F2N10O6. The van der Waals surface area contributed by atoms with Gasteiger partial charge in [-0.05, 0) is 80.5 Å². The maximum Gasteiger partial charge on any atom is 0.258 e. The van der Waals surface area contributed by atoms with Crippen LogP contribution in [-0.2, 0) is 32.2 Å². The molecule has 4 aliphatic heterocycles. The number of aliphatic hydroxyl groups excluding tert-OH is 1. The first-order chi connectivity index (χ1) is 30.8. The Kier molecular flexibility index (Phi) is 13.0. The Morgan fingerprint density at radius 1 is 1.00 bits per heavy atom. The molecule has 4 aromatic rings. The minimum Gasteiger partial charge on any atom is -0.477 e. The molecule has 4 atom stereocenters. The van der Waals surface area contributed by atoms with E-state index in [2.05, 4.69) is 43.1 Å². The number of hydrogen-bond acceptors (Lipinski definition) is 12. The number of imide groups is 1. The lowest BCUT2D eigenvalue weighted by Gasteiger charge is -2.41. The Labute approximate surface area is 369 Å². The van der Waals surface area contributed by atoms with E-state index in [4.69, 9.17) is 15.5 Å². The summed E-state index contributed by atoms with van der Waals surface area (Å²) in [6.45, 7) is 7.33. The molecule has 18 heteroatoms. The second-order valence-corrected chi connectivity index (χ2v) is 17.3. The summed E-state index contributed by atoms with van der Waals surface area (Å²) in [5.41, 5.74) is 10.5.